The number of benzene rings is 3. The highest BCUT2D eigenvalue weighted by Gasteiger charge is 2.48. The molecule has 0 radical (unpaired) electrons. The Balaban J connectivity index is 1.10. The zero-order chi connectivity index (χ0) is 51.4. The third-order valence-corrected chi connectivity index (χ3v) is 18.2. The highest BCUT2D eigenvalue weighted by atomic mass is 32.2. The number of piperazine rings is 2. The van der Waals surface area contributed by atoms with Gasteiger partial charge in [-0.15, -0.1) is 11.8 Å². The first kappa shape index (κ1) is 56.2. The number of unbranched alkanes of at least 4 members (excludes halogenated alkanes) is 2. The van der Waals surface area contributed by atoms with Gasteiger partial charge in [-0.2, -0.15) is 13.2 Å². The van der Waals surface area contributed by atoms with Crippen LogP contribution < -0.4 is 20.3 Å². The van der Waals surface area contributed by atoms with Crippen molar-refractivity contribution in [3.8, 4) is 0 Å². The molecule has 2 amide bonds. The number of sulfonamides is 1. The molecule has 3 aliphatic rings. The summed E-state index contributed by atoms with van der Waals surface area (Å²) in [5.74, 6) is 0.00244. The number of amides is 2. The van der Waals surface area contributed by atoms with Gasteiger partial charge in [0.1, 0.15) is 4.90 Å². The van der Waals surface area contributed by atoms with E-state index in [1.807, 2.05) is 47.0 Å². The molecule has 3 aromatic carbocycles. The van der Waals surface area contributed by atoms with E-state index in [-0.39, 0.29) is 11.5 Å². The van der Waals surface area contributed by atoms with Crippen LogP contribution in [0.25, 0.3) is 0 Å². The number of nitrogens with one attached hydrogen (secondary N) is 3. The topological polar surface area (TPSA) is 151 Å². The van der Waals surface area contributed by atoms with Crippen molar-refractivity contribution in [2.45, 2.75) is 112 Å². The van der Waals surface area contributed by atoms with E-state index in [4.69, 9.17) is 0 Å². The number of hydrogen-bond acceptors (Lipinski definition) is 12. The molecule has 19 heteroatoms. The molecule has 1 aliphatic carbocycles. The van der Waals surface area contributed by atoms with E-state index < -0.39 is 52.8 Å². The van der Waals surface area contributed by atoms with Crippen LogP contribution in [0.2, 0.25) is 0 Å². The van der Waals surface area contributed by atoms with Crippen molar-refractivity contribution in [3.05, 3.63) is 89.5 Å². The van der Waals surface area contributed by atoms with Crippen molar-refractivity contribution in [1.82, 2.24) is 24.7 Å². The Morgan fingerprint density at radius 2 is 1.52 bits per heavy atom. The second-order valence-electron chi connectivity index (χ2n) is 20.0. The number of hydrogen-bond donors (Lipinski definition) is 3. The number of carbonyl (C=O) groups excluding carboxylic acids is 2. The van der Waals surface area contributed by atoms with Crippen molar-refractivity contribution in [2.75, 3.05) is 95.0 Å². The summed E-state index contributed by atoms with van der Waals surface area (Å²) in [7, 11) is -9.05. The summed E-state index contributed by atoms with van der Waals surface area (Å²) in [6.45, 7) is 17.3. The molecule has 2 aliphatic heterocycles. The number of halogens is 3. The first-order valence-corrected chi connectivity index (χ1v) is 29.0. The van der Waals surface area contributed by atoms with E-state index in [1.54, 1.807) is 23.3 Å². The Morgan fingerprint density at radius 1 is 0.845 bits per heavy atom. The highest BCUT2D eigenvalue weighted by Crippen LogP contribution is 2.43. The maximum absolute atomic E-state index is 14.3. The van der Waals surface area contributed by atoms with E-state index in [0.717, 1.165) is 101 Å². The lowest BCUT2D eigenvalue weighted by atomic mass is 9.71. The molecule has 6 rings (SSSR count). The van der Waals surface area contributed by atoms with Gasteiger partial charge in [0.05, 0.1) is 10.6 Å². The van der Waals surface area contributed by atoms with Gasteiger partial charge in [-0.25, -0.2) is 21.6 Å². The van der Waals surface area contributed by atoms with Crippen molar-refractivity contribution >= 4 is 54.8 Å². The Hall–Kier alpha value is -4.14. The van der Waals surface area contributed by atoms with Crippen LogP contribution in [0.4, 0.5) is 24.5 Å². The van der Waals surface area contributed by atoms with Crippen LogP contribution in [0.15, 0.2) is 98.6 Å². The molecule has 13 nitrogen and oxygen atoms in total. The molecular weight excluding hydrogens is 972 g/mol. The quantitative estimate of drug-likeness (QED) is 0.0474. The third kappa shape index (κ3) is 15.7. The van der Waals surface area contributed by atoms with Gasteiger partial charge in [-0.1, -0.05) is 63.5 Å². The van der Waals surface area contributed by atoms with Gasteiger partial charge in [0.25, 0.3) is 25.8 Å². The fraction of sp³-hybridized carbons (Fsp3) is 0.577. The zero-order valence-corrected chi connectivity index (χ0v) is 44.5. The largest absolute Gasteiger partial charge is 0.501 e. The average Bonchev–Trinajstić information content (AvgIpc) is 3.35. The van der Waals surface area contributed by atoms with E-state index in [0.29, 0.717) is 68.7 Å². The van der Waals surface area contributed by atoms with Crippen LogP contribution in [0.5, 0.6) is 0 Å². The molecule has 0 aromatic heterocycles. The van der Waals surface area contributed by atoms with Gasteiger partial charge >= 0.3 is 5.51 Å². The van der Waals surface area contributed by atoms with Crippen molar-refractivity contribution in [2.24, 2.45) is 11.3 Å². The summed E-state index contributed by atoms with van der Waals surface area (Å²) < 4.78 is 98.7. The Kier molecular flexibility index (Phi) is 19.9. The van der Waals surface area contributed by atoms with Gasteiger partial charge < -0.3 is 20.4 Å². The minimum absolute atomic E-state index is 0.00431. The van der Waals surface area contributed by atoms with Gasteiger partial charge in [-0.3, -0.25) is 19.4 Å². The molecule has 2 heterocycles. The molecular formula is C52H74F3N7O6S3. The number of carbonyl (C=O) groups is 2. The van der Waals surface area contributed by atoms with Crippen LogP contribution in [-0.2, 0) is 24.7 Å². The molecule has 3 N–H and O–H groups in total. The monoisotopic (exact) mass is 1050 g/mol. The lowest BCUT2D eigenvalue weighted by molar-refractivity contribution is -0.133. The second kappa shape index (κ2) is 25.2. The molecule has 3 aromatic rings. The second-order valence-corrected chi connectivity index (χ2v) is 24.7. The SMILES string of the molecule is CCC(C)C1=C(CN2CCN(c3ccc(C(=O)NS(=O)(=O)c4ccc(NC(CCN5CCN(C(=O)CCCCCNC)CC5)CSc5ccccc5)c(S(=O)(=O)C(F)(F)F)c4)cc3)CC2)CCC(C)(C)C1. The standard InChI is InChI=1S/C52H74F3N7O6S3/c1-6-39(2)46-36-51(3,4)24-22-41(46)37-60-29-31-61(32-30-60)43-18-16-40(17-19-43)50(64)58-71(67,68)45-20-21-47(48(35-45)70(65,66)52(53,54)55)57-42(38-69-44-13-9-7-10-14-44)23-26-59-27-33-62(34-28-59)49(63)15-11-8-12-25-56-5/h7,9-10,13-14,16-21,35,39,42,56-57H,6,8,11-12,15,22-34,36-38H2,1-5H3,(H,58,64). The van der Waals surface area contributed by atoms with Crippen LogP contribution >= 0.6 is 11.8 Å². The number of alkyl halides is 3. The predicted molar refractivity (Wildman–Crippen MR) is 278 cm³/mol. The number of sulfone groups is 1. The minimum atomic E-state index is -6.09. The summed E-state index contributed by atoms with van der Waals surface area (Å²) in [6.07, 6.45) is 8.27. The van der Waals surface area contributed by atoms with Crippen LogP contribution in [0, 0.1) is 11.3 Å². The van der Waals surface area contributed by atoms with Gasteiger partial charge in [0, 0.05) is 99.8 Å². The average molecular weight is 1050 g/mol. The highest BCUT2D eigenvalue weighted by molar-refractivity contribution is 7.99. The van der Waals surface area contributed by atoms with Gasteiger partial charge in [-0.05, 0) is 124 Å². The van der Waals surface area contributed by atoms with Crippen LogP contribution in [0.3, 0.4) is 0 Å². The smallest absolute Gasteiger partial charge is 0.380 e. The molecule has 0 spiro atoms. The summed E-state index contributed by atoms with van der Waals surface area (Å²) in [5.41, 5.74) is -1.79. The van der Waals surface area contributed by atoms with Crippen molar-refractivity contribution < 1.29 is 39.6 Å². The molecule has 0 saturated carbocycles. The Morgan fingerprint density at radius 3 is 2.17 bits per heavy atom. The molecule has 0 bridgehead atoms. The maximum Gasteiger partial charge on any atom is 0.501 e. The zero-order valence-electron chi connectivity index (χ0n) is 42.0. The fourth-order valence-electron chi connectivity index (χ4n) is 9.56. The number of allylic oxidation sites excluding steroid dienone is 1. The Bertz CT molecular complexity index is 2490. The van der Waals surface area contributed by atoms with Crippen molar-refractivity contribution in [1.29, 1.82) is 0 Å². The van der Waals surface area contributed by atoms with E-state index in [1.165, 1.54) is 30.3 Å². The first-order chi connectivity index (χ1) is 33.7. The molecule has 71 heavy (non-hydrogen) atoms. The Labute approximate surface area is 424 Å². The number of anilines is 2. The number of rotatable bonds is 23. The maximum atomic E-state index is 14.3. The summed E-state index contributed by atoms with van der Waals surface area (Å²) >= 11 is 1.44. The lowest BCUT2D eigenvalue weighted by Gasteiger charge is -2.40. The number of nitrogens with zero attached hydrogens (tertiary/aromatic N) is 4. The molecule has 2 fully saturated rings. The minimum Gasteiger partial charge on any atom is -0.380 e. The molecule has 2 saturated heterocycles. The summed E-state index contributed by atoms with van der Waals surface area (Å²) in [6, 6.07) is 17.7. The first-order valence-electron chi connectivity index (χ1n) is 25.1. The van der Waals surface area contributed by atoms with E-state index in [2.05, 4.69) is 53.0 Å². The normalized spacial score (nSPS) is 18.3. The predicted octanol–water partition coefficient (Wildman–Crippen LogP) is 8.66. The van der Waals surface area contributed by atoms with E-state index >= 15 is 0 Å². The third-order valence-electron chi connectivity index (χ3n) is 14.2. The van der Waals surface area contributed by atoms with Gasteiger partial charge in [0.15, 0.2) is 0 Å². The van der Waals surface area contributed by atoms with E-state index in [9.17, 15) is 39.6 Å². The molecule has 2 atom stereocenters. The number of thioether (sulfide) groups is 1. The lowest BCUT2D eigenvalue weighted by Crippen LogP contribution is -2.49. The van der Waals surface area contributed by atoms with Gasteiger partial charge in [0.2, 0.25) is 5.91 Å². The fourth-order valence-corrected chi connectivity index (χ4v) is 12.6. The summed E-state index contributed by atoms with van der Waals surface area (Å²) in [5, 5.41) is 6.13. The molecule has 392 valence electrons. The van der Waals surface area contributed by atoms with Crippen LogP contribution in [0.1, 0.15) is 95.8 Å². The van der Waals surface area contributed by atoms with Crippen LogP contribution in [-0.4, -0.2) is 140 Å². The summed E-state index contributed by atoms with van der Waals surface area (Å²) in [4.78, 5) is 33.8. The molecule has 2 unspecified atom stereocenters. The van der Waals surface area contributed by atoms with Crippen molar-refractivity contribution in [3.63, 3.8) is 0 Å².